The van der Waals surface area contributed by atoms with E-state index >= 15 is 0 Å². The number of hydrogen-bond acceptors (Lipinski definition) is 6. The molecular formula is C21H25N5O. The highest BCUT2D eigenvalue weighted by atomic mass is 16.5. The molecule has 3 aromatic rings. The lowest BCUT2D eigenvalue weighted by molar-refractivity contribution is 0.410. The third-order valence-electron chi connectivity index (χ3n) is 4.32. The zero-order valence-electron chi connectivity index (χ0n) is 15.9. The lowest BCUT2D eigenvalue weighted by Crippen LogP contribution is -2.16. The van der Waals surface area contributed by atoms with E-state index < -0.39 is 0 Å². The number of hydrogen-bond donors (Lipinski definition) is 2. The van der Waals surface area contributed by atoms with E-state index in [2.05, 4.69) is 39.4 Å². The van der Waals surface area contributed by atoms with Crippen LogP contribution >= 0.6 is 0 Å². The smallest absolute Gasteiger partial charge is 0.225 e. The number of benzene rings is 1. The summed E-state index contributed by atoms with van der Waals surface area (Å²) in [4.78, 5) is 13.5. The second-order valence-electron chi connectivity index (χ2n) is 6.32. The summed E-state index contributed by atoms with van der Waals surface area (Å²) in [6, 6.07) is 14.1. The van der Waals surface area contributed by atoms with Gasteiger partial charge in [0.2, 0.25) is 5.95 Å². The van der Waals surface area contributed by atoms with Crippen molar-refractivity contribution in [3.8, 4) is 17.0 Å². The van der Waals surface area contributed by atoms with Gasteiger partial charge in [0.1, 0.15) is 11.6 Å². The number of pyridine rings is 1. The standard InChI is InChI=1S/C21H25N5O/c1-4-15(2)24-21-25-18(16-9-7-11-22-13-16)12-20(26-21)23-14-17-8-5-6-10-19(17)27-3/h5-13,15H,4,14H2,1-3H3,(H2,23,24,25,26)/t15-/m0/s1. The van der Waals surface area contributed by atoms with E-state index in [0.717, 1.165) is 34.8 Å². The molecule has 0 saturated carbocycles. The number of aromatic nitrogens is 3. The Hall–Kier alpha value is -3.15. The van der Waals surface area contributed by atoms with Gasteiger partial charge in [0.05, 0.1) is 12.8 Å². The van der Waals surface area contributed by atoms with E-state index in [1.54, 1.807) is 19.5 Å². The van der Waals surface area contributed by atoms with Crippen LogP contribution in [0.15, 0.2) is 54.9 Å². The first-order valence-corrected chi connectivity index (χ1v) is 9.11. The van der Waals surface area contributed by atoms with Crippen molar-refractivity contribution < 1.29 is 4.74 Å². The highest BCUT2D eigenvalue weighted by molar-refractivity contribution is 5.63. The largest absolute Gasteiger partial charge is 0.496 e. The predicted octanol–water partition coefficient (Wildman–Crippen LogP) is 4.37. The summed E-state index contributed by atoms with van der Waals surface area (Å²) >= 11 is 0. The Morgan fingerprint density at radius 2 is 1.96 bits per heavy atom. The number of nitrogens with one attached hydrogen (secondary N) is 2. The van der Waals surface area contributed by atoms with Crippen molar-refractivity contribution in [2.75, 3.05) is 17.7 Å². The fourth-order valence-electron chi connectivity index (χ4n) is 2.62. The van der Waals surface area contributed by atoms with Crippen molar-refractivity contribution in [1.82, 2.24) is 15.0 Å². The van der Waals surface area contributed by atoms with Crippen LogP contribution < -0.4 is 15.4 Å². The summed E-state index contributed by atoms with van der Waals surface area (Å²) in [7, 11) is 1.68. The first kappa shape index (κ1) is 18.6. The highest BCUT2D eigenvalue weighted by Gasteiger charge is 2.10. The molecule has 27 heavy (non-hydrogen) atoms. The number of rotatable bonds is 8. The van der Waals surface area contributed by atoms with Crippen molar-refractivity contribution in [3.63, 3.8) is 0 Å². The van der Waals surface area contributed by atoms with E-state index in [-0.39, 0.29) is 6.04 Å². The van der Waals surface area contributed by atoms with Crippen molar-refractivity contribution in [3.05, 3.63) is 60.4 Å². The first-order valence-electron chi connectivity index (χ1n) is 9.11. The molecule has 0 fully saturated rings. The van der Waals surface area contributed by atoms with Gasteiger partial charge in [-0.3, -0.25) is 4.98 Å². The van der Waals surface area contributed by atoms with Gasteiger partial charge in [-0.1, -0.05) is 25.1 Å². The highest BCUT2D eigenvalue weighted by Crippen LogP contribution is 2.23. The molecule has 0 aliphatic carbocycles. The molecule has 0 aliphatic rings. The summed E-state index contributed by atoms with van der Waals surface area (Å²) < 4.78 is 5.42. The van der Waals surface area contributed by atoms with Crippen LogP contribution in [0.2, 0.25) is 0 Å². The molecule has 1 aromatic carbocycles. The van der Waals surface area contributed by atoms with Gasteiger partial charge in [-0.05, 0) is 31.5 Å². The summed E-state index contributed by atoms with van der Waals surface area (Å²) in [5.74, 6) is 2.21. The van der Waals surface area contributed by atoms with Gasteiger partial charge < -0.3 is 15.4 Å². The molecule has 0 aliphatic heterocycles. The molecular weight excluding hydrogens is 338 g/mol. The summed E-state index contributed by atoms with van der Waals surface area (Å²) in [6.45, 7) is 4.85. The number of anilines is 2. The summed E-state index contributed by atoms with van der Waals surface area (Å²) in [5, 5.41) is 6.74. The van der Waals surface area contributed by atoms with Crippen LogP contribution in [0.4, 0.5) is 11.8 Å². The quantitative estimate of drug-likeness (QED) is 0.619. The van der Waals surface area contributed by atoms with Crippen LogP contribution in [-0.4, -0.2) is 28.1 Å². The number of para-hydroxylation sites is 1. The number of ether oxygens (including phenoxy) is 1. The van der Waals surface area contributed by atoms with Crippen LogP contribution in [0.3, 0.4) is 0 Å². The zero-order valence-corrected chi connectivity index (χ0v) is 15.9. The van der Waals surface area contributed by atoms with Gasteiger partial charge in [0.15, 0.2) is 0 Å². The molecule has 0 spiro atoms. The Bertz CT molecular complexity index is 869. The molecule has 0 saturated heterocycles. The molecule has 0 unspecified atom stereocenters. The maximum absolute atomic E-state index is 5.42. The van der Waals surface area contributed by atoms with Gasteiger partial charge >= 0.3 is 0 Å². The average molecular weight is 363 g/mol. The molecule has 6 nitrogen and oxygen atoms in total. The van der Waals surface area contributed by atoms with E-state index in [1.165, 1.54) is 0 Å². The van der Waals surface area contributed by atoms with E-state index in [1.807, 2.05) is 42.5 Å². The van der Waals surface area contributed by atoms with Crippen LogP contribution in [-0.2, 0) is 6.54 Å². The fraction of sp³-hybridized carbons (Fsp3) is 0.286. The Morgan fingerprint density at radius 3 is 2.70 bits per heavy atom. The van der Waals surface area contributed by atoms with Crippen LogP contribution in [0, 0.1) is 0 Å². The van der Waals surface area contributed by atoms with Crippen LogP contribution in [0.25, 0.3) is 11.3 Å². The molecule has 2 N–H and O–H groups in total. The minimum absolute atomic E-state index is 0.288. The normalized spacial score (nSPS) is 11.7. The molecule has 3 rings (SSSR count). The first-order chi connectivity index (χ1) is 13.2. The molecule has 2 heterocycles. The Labute approximate surface area is 160 Å². The monoisotopic (exact) mass is 363 g/mol. The predicted molar refractivity (Wildman–Crippen MR) is 109 cm³/mol. The molecule has 0 radical (unpaired) electrons. The average Bonchev–Trinajstić information content (AvgIpc) is 2.72. The zero-order chi connectivity index (χ0) is 19.1. The molecule has 6 heteroatoms. The second kappa shape index (κ2) is 8.98. The van der Waals surface area contributed by atoms with E-state index in [0.29, 0.717) is 12.5 Å². The van der Waals surface area contributed by atoms with Gasteiger partial charge in [0.25, 0.3) is 0 Å². The minimum atomic E-state index is 0.288. The fourth-order valence-corrected chi connectivity index (χ4v) is 2.62. The SMILES string of the molecule is CC[C@H](C)Nc1nc(NCc2ccccc2OC)cc(-c2cccnc2)n1. The third-order valence-corrected chi connectivity index (χ3v) is 4.32. The maximum Gasteiger partial charge on any atom is 0.225 e. The van der Waals surface area contributed by atoms with E-state index in [9.17, 15) is 0 Å². The third kappa shape index (κ3) is 4.94. The Morgan fingerprint density at radius 1 is 1.11 bits per heavy atom. The molecule has 2 aromatic heterocycles. The summed E-state index contributed by atoms with van der Waals surface area (Å²) in [5.41, 5.74) is 2.84. The van der Waals surface area contributed by atoms with E-state index in [4.69, 9.17) is 4.74 Å². The minimum Gasteiger partial charge on any atom is -0.496 e. The lowest BCUT2D eigenvalue weighted by Gasteiger charge is -2.15. The van der Waals surface area contributed by atoms with Crippen molar-refractivity contribution >= 4 is 11.8 Å². The maximum atomic E-state index is 5.42. The Balaban J connectivity index is 1.87. The van der Waals surface area contributed by atoms with Gasteiger partial charge in [-0.2, -0.15) is 4.98 Å². The second-order valence-corrected chi connectivity index (χ2v) is 6.32. The van der Waals surface area contributed by atoms with Crippen molar-refractivity contribution in [1.29, 1.82) is 0 Å². The molecule has 0 bridgehead atoms. The van der Waals surface area contributed by atoms with Gasteiger partial charge in [-0.25, -0.2) is 4.98 Å². The number of methoxy groups -OCH3 is 1. The van der Waals surface area contributed by atoms with Crippen molar-refractivity contribution in [2.24, 2.45) is 0 Å². The van der Waals surface area contributed by atoms with Crippen LogP contribution in [0.1, 0.15) is 25.8 Å². The molecule has 140 valence electrons. The topological polar surface area (TPSA) is 72.0 Å². The van der Waals surface area contributed by atoms with Gasteiger partial charge in [-0.15, -0.1) is 0 Å². The van der Waals surface area contributed by atoms with Crippen LogP contribution in [0.5, 0.6) is 5.75 Å². The summed E-state index contributed by atoms with van der Waals surface area (Å²) in [6.07, 6.45) is 4.55. The van der Waals surface area contributed by atoms with Gasteiger partial charge in [0, 0.05) is 42.2 Å². The Kier molecular flexibility index (Phi) is 6.20. The van der Waals surface area contributed by atoms with Crippen molar-refractivity contribution in [2.45, 2.75) is 32.9 Å². The molecule has 1 atom stereocenters. The lowest BCUT2D eigenvalue weighted by atomic mass is 10.2. The number of nitrogens with zero attached hydrogens (tertiary/aromatic N) is 3. The molecule has 0 amide bonds.